The Morgan fingerprint density at radius 1 is 1.25 bits per heavy atom. The molecular formula is C20H17BrFNO4S. The number of thioether (sulfide) groups is 1. The van der Waals surface area contributed by atoms with Gasteiger partial charge in [0.2, 0.25) is 0 Å². The molecule has 1 saturated heterocycles. The van der Waals surface area contributed by atoms with Crippen LogP contribution in [0.25, 0.3) is 6.08 Å². The molecule has 1 aliphatic rings. The summed E-state index contributed by atoms with van der Waals surface area (Å²) in [6, 6.07) is 9.57. The predicted octanol–water partition coefficient (Wildman–Crippen LogP) is 5.23. The predicted molar refractivity (Wildman–Crippen MR) is 110 cm³/mol. The van der Waals surface area contributed by atoms with Crippen LogP contribution in [0.2, 0.25) is 0 Å². The van der Waals surface area contributed by atoms with E-state index in [1.54, 1.807) is 36.4 Å². The first-order valence-electron chi connectivity index (χ1n) is 8.43. The van der Waals surface area contributed by atoms with Crippen molar-refractivity contribution in [2.45, 2.75) is 13.5 Å². The SMILES string of the molecule is CCOc1c(Br)cc(/C=C2\SC(=O)N(Cc3ccccc3F)C2=O)cc1OC. The summed E-state index contributed by atoms with van der Waals surface area (Å²) in [7, 11) is 1.52. The molecule has 0 aliphatic carbocycles. The highest BCUT2D eigenvalue weighted by molar-refractivity contribution is 9.10. The number of hydrogen-bond donors (Lipinski definition) is 0. The molecule has 8 heteroatoms. The zero-order valence-electron chi connectivity index (χ0n) is 15.2. The van der Waals surface area contributed by atoms with Crippen molar-refractivity contribution >= 4 is 44.9 Å². The van der Waals surface area contributed by atoms with Gasteiger partial charge in [-0.15, -0.1) is 0 Å². The van der Waals surface area contributed by atoms with Crippen molar-refractivity contribution in [3.63, 3.8) is 0 Å². The Hall–Kier alpha value is -2.32. The van der Waals surface area contributed by atoms with E-state index in [4.69, 9.17) is 9.47 Å². The number of halogens is 2. The Kier molecular flexibility index (Phi) is 6.41. The maximum Gasteiger partial charge on any atom is 0.293 e. The molecular weight excluding hydrogens is 449 g/mol. The summed E-state index contributed by atoms with van der Waals surface area (Å²) in [5, 5.41) is -0.434. The molecule has 0 saturated carbocycles. The van der Waals surface area contributed by atoms with Crippen LogP contribution in [0.5, 0.6) is 11.5 Å². The topological polar surface area (TPSA) is 55.8 Å². The van der Waals surface area contributed by atoms with Crippen LogP contribution >= 0.6 is 27.7 Å². The molecule has 1 heterocycles. The molecule has 1 aliphatic heterocycles. The lowest BCUT2D eigenvalue weighted by molar-refractivity contribution is -0.123. The molecule has 0 spiro atoms. The minimum absolute atomic E-state index is 0.106. The number of nitrogens with zero attached hydrogens (tertiary/aromatic N) is 1. The second-order valence-electron chi connectivity index (χ2n) is 5.83. The number of benzene rings is 2. The fourth-order valence-corrected chi connectivity index (χ4v) is 4.10. The number of imide groups is 1. The Bertz CT molecular complexity index is 963. The molecule has 2 aromatic rings. The Labute approximate surface area is 174 Å². The van der Waals surface area contributed by atoms with Gasteiger partial charge in [0.15, 0.2) is 11.5 Å². The number of carbonyl (C=O) groups excluding carboxylic acids is 2. The quantitative estimate of drug-likeness (QED) is 0.546. The Morgan fingerprint density at radius 3 is 2.68 bits per heavy atom. The van der Waals surface area contributed by atoms with Crippen LogP contribution in [0.1, 0.15) is 18.1 Å². The van der Waals surface area contributed by atoms with Gasteiger partial charge < -0.3 is 9.47 Å². The summed E-state index contributed by atoms with van der Waals surface area (Å²) in [4.78, 5) is 26.3. The van der Waals surface area contributed by atoms with E-state index in [1.807, 2.05) is 6.92 Å². The Balaban J connectivity index is 1.87. The van der Waals surface area contributed by atoms with Crippen LogP contribution < -0.4 is 9.47 Å². The fourth-order valence-electron chi connectivity index (χ4n) is 2.69. The summed E-state index contributed by atoms with van der Waals surface area (Å²) < 4.78 is 25.4. The first-order chi connectivity index (χ1) is 13.4. The number of carbonyl (C=O) groups is 2. The molecule has 146 valence electrons. The molecule has 0 unspecified atom stereocenters. The summed E-state index contributed by atoms with van der Waals surface area (Å²) in [6.07, 6.45) is 1.61. The zero-order valence-corrected chi connectivity index (χ0v) is 17.6. The highest BCUT2D eigenvalue weighted by Crippen LogP contribution is 2.39. The number of amides is 2. The first kappa shape index (κ1) is 20.4. The highest BCUT2D eigenvalue weighted by Gasteiger charge is 2.35. The number of methoxy groups -OCH3 is 1. The van der Waals surface area contributed by atoms with E-state index in [0.717, 1.165) is 16.7 Å². The van der Waals surface area contributed by atoms with Crippen molar-refractivity contribution < 1.29 is 23.5 Å². The van der Waals surface area contributed by atoms with Crippen LogP contribution in [-0.2, 0) is 11.3 Å². The van der Waals surface area contributed by atoms with Crippen LogP contribution in [0.3, 0.4) is 0 Å². The van der Waals surface area contributed by atoms with Crippen LogP contribution in [0, 0.1) is 5.82 Å². The number of ether oxygens (including phenoxy) is 2. The molecule has 0 aromatic heterocycles. The molecule has 0 radical (unpaired) electrons. The van der Waals surface area contributed by atoms with Gasteiger partial charge in [-0.1, -0.05) is 18.2 Å². The van der Waals surface area contributed by atoms with Gasteiger partial charge in [-0.2, -0.15) is 0 Å². The summed E-state index contributed by atoms with van der Waals surface area (Å²) >= 11 is 4.26. The maximum absolute atomic E-state index is 13.9. The number of rotatable bonds is 6. The van der Waals surface area contributed by atoms with E-state index in [-0.39, 0.29) is 17.0 Å². The second-order valence-corrected chi connectivity index (χ2v) is 7.67. The molecule has 1 fully saturated rings. The smallest absolute Gasteiger partial charge is 0.293 e. The van der Waals surface area contributed by atoms with E-state index < -0.39 is 17.0 Å². The van der Waals surface area contributed by atoms with Gasteiger partial charge in [-0.25, -0.2) is 4.39 Å². The van der Waals surface area contributed by atoms with E-state index >= 15 is 0 Å². The lowest BCUT2D eigenvalue weighted by atomic mass is 10.1. The molecule has 3 rings (SSSR count). The highest BCUT2D eigenvalue weighted by atomic mass is 79.9. The third-order valence-corrected chi connectivity index (χ3v) is 5.49. The average Bonchev–Trinajstić information content (AvgIpc) is 2.92. The monoisotopic (exact) mass is 465 g/mol. The second kappa shape index (κ2) is 8.79. The summed E-state index contributed by atoms with van der Waals surface area (Å²) in [5.74, 6) is 0.163. The molecule has 0 N–H and O–H groups in total. The van der Waals surface area contributed by atoms with Crippen molar-refractivity contribution in [2.75, 3.05) is 13.7 Å². The zero-order chi connectivity index (χ0) is 20.3. The van der Waals surface area contributed by atoms with Crippen LogP contribution in [0.4, 0.5) is 9.18 Å². The Morgan fingerprint density at radius 2 is 2.00 bits per heavy atom. The third kappa shape index (κ3) is 4.23. The van der Waals surface area contributed by atoms with E-state index in [2.05, 4.69) is 15.9 Å². The van der Waals surface area contributed by atoms with Gasteiger partial charge in [0.25, 0.3) is 11.1 Å². The van der Waals surface area contributed by atoms with E-state index in [0.29, 0.717) is 28.1 Å². The van der Waals surface area contributed by atoms with Crippen LogP contribution in [-0.4, -0.2) is 29.8 Å². The van der Waals surface area contributed by atoms with Gasteiger partial charge in [0, 0.05) is 5.56 Å². The number of hydrogen-bond acceptors (Lipinski definition) is 5. The van der Waals surface area contributed by atoms with Crippen molar-refractivity contribution in [1.29, 1.82) is 0 Å². The standard InChI is InChI=1S/C20H17BrFNO4S/c1-3-27-18-14(21)8-12(9-16(18)26-2)10-17-19(24)23(20(25)28-17)11-13-6-4-5-7-15(13)22/h4-10H,3,11H2,1-2H3/b17-10-. The van der Waals surface area contributed by atoms with E-state index in [9.17, 15) is 14.0 Å². The largest absolute Gasteiger partial charge is 0.493 e. The molecule has 2 amide bonds. The third-order valence-electron chi connectivity index (χ3n) is 4.00. The molecule has 5 nitrogen and oxygen atoms in total. The van der Waals surface area contributed by atoms with Crippen molar-refractivity contribution in [3.05, 3.63) is 62.7 Å². The van der Waals surface area contributed by atoms with Crippen molar-refractivity contribution in [2.24, 2.45) is 0 Å². The average molecular weight is 466 g/mol. The van der Waals surface area contributed by atoms with Gasteiger partial charge in [-0.3, -0.25) is 14.5 Å². The molecule has 0 atom stereocenters. The van der Waals surface area contributed by atoms with E-state index in [1.165, 1.54) is 13.2 Å². The lowest BCUT2D eigenvalue weighted by Gasteiger charge is -2.13. The summed E-state index contributed by atoms with van der Waals surface area (Å²) in [6.45, 7) is 2.24. The maximum atomic E-state index is 13.9. The molecule has 2 aromatic carbocycles. The van der Waals surface area contributed by atoms with Gasteiger partial charge in [0.05, 0.1) is 29.6 Å². The summed E-state index contributed by atoms with van der Waals surface area (Å²) in [5.41, 5.74) is 0.958. The minimum Gasteiger partial charge on any atom is -0.493 e. The minimum atomic E-state index is -0.456. The molecule has 28 heavy (non-hydrogen) atoms. The first-order valence-corrected chi connectivity index (χ1v) is 10.0. The normalized spacial score (nSPS) is 15.4. The van der Waals surface area contributed by atoms with Gasteiger partial charge in [0.1, 0.15) is 5.82 Å². The lowest BCUT2D eigenvalue weighted by Crippen LogP contribution is -2.27. The fraction of sp³-hybridized carbons (Fsp3) is 0.200. The van der Waals surface area contributed by atoms with Gasteiger partial charge in [-0.05, 0) is 64.5 Å². The van der Waals surface area contributed by atoms with Crippen molar-refractivity contribution in [1.82, 2.24) is 4.90 Å². The van der Waals surface area contributed by atoms with Gasteiger partial charge >= 0.3 is 0 Å². The molecule has 0 bridgehead atoms. The van der Waals surface area contributed by atoms with Crippen molar-refractivity contribution in [3.8, 4) is 11.5 Å². The van der Waals surface area contributed by atoms with Crippen LogP contribution in [0.15, 0.2) is 45.8 Å².